The van der Waals surface area contributed by atoms with Crippen LogP contribution in [0.1, 0.15) is 56.1 Å². The van der Waals surface area contributed by atoms with E-state index in [2.05, 4.69) is 10.6 Å². The molecule has 0 saturated heterocycles. The smallest absolute Gasteiger partial charge is 0.226 e. The van der Waals surface area contributed by atoms with Gasteiger partial charge in [-0.25, -0.2) is 0 Å². The van der Waals surface area contributed by atoms with Crippen LogP contribution in [0.15, 0.2) is 18.2 Å². The predicted octanol–water partition coefficient (Wildman–Crippen LogP) is 3.96. The second-order valence-electron chi connectivity index (χ2n) is 9.00. The van der Waals surface area contributed by atoms with Gasteiger partial charge < -0.3 is 10.6 Å². The summed E-state index contributed by atoms with van der Waals surface area (Å²) in [6.07, 6.45) is 7.55. The summed E-state index contributed by atoms with van der Waals surface area (Å²) in [4.78, 5) is 25.1. The molecular weight excluding hydrogens is 324 g/mol. The van der Waals surface area contributed by atoms with Crippen molar-refractivity contribution in [2.75, 3.05) is 11.9 Å². The van der Waals surface area contributed by atoms with Crippen LogP contribution in [0.25, 0.3) is 0 Å². The third-order valence-corrected chi connectivity index (χ3v) is 7.04. The van der Waals surface area contributed by atoms with Crippen molar-refractivity contribution in [1.29, 1.82) is 0 Å². The molecule has 4 heteroatoms. The quantitative estimate of drug-likeness (QED) is 0.841. The molecule has 4 bridgehead atoms. The van der Waals surface area contributed by atoms with Crippen molar-refractivity contribution in [3.8, 4) is 0 Å². The van der Waals surface area contributed by atoms with Crippen molar-refractivity contribution in [2.45, 2.75) is 58.8 Å². The van der Waals surface area contributed by atoms with Crippen molar-refractivity contribution in [1.82, 2.24) is 5.32 Å². The molecule has 1 aromatic carbocycles. The van der Waals surface area contributed by atoms with Gasteiger partial charge in [-0.1, -0.05) is 12.1 Å². The normalized spacial score (nSPS) is 31.7. The number of benzene rings is 1. The van der Waals surface area contributed by atoms with Crippen molar-refractivity contribution in [3.63, 3.8) is 0 Å². The number of anilines is 1. The first kappa shape index (κ1) is 17.6. The van der Waals surface area contributed by atoms with Crippen molar-refractivity contribution in [3.05, 3.63) is 29.3 Å². The van der Waals surface area contributed by atoms with Crippen LogP contribution in [0.4, 0.5) is 5.69 Å². The summed E-state index contributed by atoms with van der Waals surface area (Å²) < 4.78 is 0. The molecule has 5 rings (SSSR count). The van der Waals surface area contributed by atoms with Gasteiger partial charge in [0.2, 0.25) is 11.8 Å². The van der Waals surface area contributed by atoms with Crippen LogP contribution in [-0.4, -0.2) is 18.4 Å². The molecule has 0 heterocycles. The number of hydrogen-bond acceptors (Lipinski definition) is 2. The molecule has 2 amide bonds. The van der Waals surface area contributed by atoms with E-state index in [0.717, 1.165) is 53.8 Å². The molecule has 4 aliphatic rings. The van der Waals surface area contributed by atoms with Crippen molar-refractivity contribution < 1.29 is 9.59 Å². The molecule has 4 fully saturated rings. The molecule has 0 spiro atoms. The van der Waals surface area contributed by atoms with Gasteiger partial charge in [-0.05, 0) is 87.3 Å². The Labute approximate surface area is 156 Å². The molecule has 0 aliphatic heterocycles. The predicted molar refractivity (Wildman–Crippen MR) is 103 cm³/mol. The van der Waals surface area contributed by atoms with Crippen LogP contribution in [-0.2, 0) is 9.59 Å². The molecule has 4 aliphatic carbocycles. The van der Waals surface area contributed by atoms with Gasteiger partial charge in [0.15, 0.2) is 0 Å². The summed E-state index contributed by atoms with van der Waals surface area (Å²) in [5.41, 5.74) is 3.00. The van der Waals surface area contributed by atoms with Crippen LogP contribution < -0.4 is 10.6 Å². The Hall–Kier alpha value is -1.84. The largest absolute Gasteiger partial charge is 0.355 e. The maximum atomic E-state index is 12.9. The Bertz CT molecular complexity index is 690. The summed E-state index contributed by atoms with van der Waals surface area (Å²) >= 11 is 0. The minimum Gasteiger partial charge on any atom is -0.355 e. The first-order chi connectivity index (χ1) is 12.4. The van der Waals surface area contributed by atoms with Crippen LogP contribution >= 0.6 is 0 Å². The SMILES string of the molecule is Cc1cccc(NC(=O)CCNC(=O)C23CC4CC(CC(C4)C2)C3)c1C. The molecule has 4 nitrogen and oxygen atoms in total. The fourth-order valence-corrected chi connectivity index (χ4v) is 5.97. The second-order valence-corrected chi connectivity index (χ2v) is 9.00. The number of carbonyl (C=O) groups is 2. The summed E-state index contributed by atoms with van der Waals surface area (Å²) in [5.74, 6) is 2.46. The Morgan fingerprint density at radius 2 is 1.65 bits per heavy atom. The van der Waals surface area contributed by atoms with Crippen molar-refractivity contribution in [2.24, 2.45) is 23.2 Å². The van der Waals surface area contributed by atoms with Gasteiger partial charge in [0.25, 0.3) is 0 Å². The maximum absolute atomic E-state index is 12.9. The highest BCUT2D eigenvalue weighted by atomic mass is 16.2. The van der Waals surface area contributed by atoms with Crippen LogP contribution in [0.5, 0.6) is 0 Å². The zero-order valence-electron chi connectivity index (χ0n) is 15.9. The molecule has 140 valence electrons. The Kier molecular flexibility index (Phi) is 4.54. The fourth-order valence-electron chi connectivity index (χ4n) is 5.97. The number of carbonyl (C=O) groups excluding carboxylic acids is 2. The second kappa shape index (κ2) is 6.71. The van der Waals surface area contributed by atoms with Crippen LogP contribution in [0, 0.1) is 37.0 Å². The maximum Gasteiger partial charge on any atom is 0.226 e. The lowest BCUT2D eigenvalue weighted by Crippen LogP contribution is -2.53. The van der Waals surface area contributed by atoms with Gasteiger partial charge in [-0.2, -0.15) is 0 Å². The highest BCUT2D eigenvalue weighted by Gasteiger charge is 2.54. The van der Waals surface area contributed by atoms with E-state index in [-0.39, 0.29) is 17.2 Å². The molecule has 1 aromatic rings. The van der Waals surface area contributed by atoms with Gasteiger partial charge in [0, 0.05) is 24.1 Å². The molecule has 4 saturated carbocycles. The highest BCUT2D eigenvalue weighted by molar-refractivity contribution is 5.92. The average Bonchev–Trinajstić information content (AvgIpc) is 2.57. The number of hydrogen-bond donors (Lipinski definition) is 2. The molecule has 0 unspecified atom stereocenters. The first-order valence-corrected chi connectivity index (χ1v) is 10.1. The van der Waals surface area contributed by atoms with Gasteiger partial charge in [-0.15, -0.1) is 0 Å². The highest BCUT2D eigenvalue weighted by Crippen LogP contribution is 2.60. The first-order valence-electron chi connectivity index (χ1n) is 10.1. The summed E-state index contributed by atoms with van der Waals surface area (Å²) in [6, 6.07) is 5.91. The number of aryl methyl sites for hydroxylation is 1. The van der Waals surface area contributed by atoms with Gasteiger partial charge in [0.1, 0.15) is 0 Å². The summed E-state index contributed by atoms with van der Waals surface area (Å²) in [6.45, 7) is 4.48. The standard InChI is InChI=1S/C22H30N2O2/c1-14-4-3-5-19(15(14)2)24-20(25)6-7-23-21(26)22-11-16-8-17(12-22)10-18(9-16)13-22/h3-5,16-18H,6-13H2,1-2H3,(H,23,26)(H,24,25). The molecular formula is C22H30N2O2. The van der Waals surface area contributed by atoms with E-state index in [1.807, 2.05) is 32.0 Å². The fraction of sp³-hybridized carbons (Fsp3) is 0.636. The lowest BCUT2D eigenvalue weighted by molar-refractivity contribution is -0.146. The zero-order chi connectivity index (χ0) is 18.3. The van der Waals surface area contributed by atoms with E-state index in [1.54, 1.807) is 0 Å². The minimum atomic E-state index is -0.127. The Balaban J connectivity index is 1.29. The van der Waals surface area contributed by atoms with E-state index < -0.39 is 0 Å². The zero-order valence-corrected chi connectivity index (χ0v) is 15.9. The van der Waals surface area contributed by atoms with E-state index in [9.17, 15) is 9.59 Å². The summed E-state index contributed by atoms with van der Waals surface area (Å²) in [5, 5.41) is 6.05. The Morgan fingerprint density at radius 3 is 2.27 bits per heavy atom. The Morgan fingerprint density at radius 1 is 1.04 bits per heavy atom. The molecule has 0 radical (unpaired) electrons. The van der Waals surface area contributed by atoms with Crippen molar-refractivity contribution >= 4 is 17.5 Å². The average molecular weight is 354 g/mol. The third-order valence-electron chi connectivity index (χ3n) is 7.04. The minimum absolute atomic E-state index is 0.0375. The number of rotatable bonds is 5. The van der Waals surface area contributed by atoms with Gasteiger partial charge in [0.05, 0.1) is 0 Å². The van der Waals surface area contributed by atoms with E-state index in [1.165, 1.54) is 19.3 Å². The molecule has 2 N–H and O–H groups in total. The number of nitrogens with one attached hydrogen (secondary N) is 2. The van der Waals surface area contributed by atoms with Gasteiger partial charge in [-0.3, -0.25) is 9.59 Å². The third kappa shape index (κ3) is 3.26. The molecule has 0 aromatic heterocycles. The van der Waals surface area contributed by atoms with E-state index in [0.29, 0.717) is 13.0 Å². The monoisotopic (exact) mass is 354 g/mol. The van der Waals surface area contributed by atoms with Crippen LogP contribution in [0.3, 0.4) is 0 Å². The van der Waals surface area contributed by atoms with Crippen LogP contribution in [0.2, 0.25) is 0 Å². The summed E-state index contributed by atoms with van der Waals surface area (Å²) in [7, 11) is 0. The lowest BCUT2D eigenvalue weighted by Gasteiger charge is -2.55. The van der Waals surface area contributed by atoms with E-state index in [4.69, 9.17) is 0 Å². The number of amides is 2. The van der Waals surface area contributed by atoms with Gasteiger partial charge >= 0.3 is 0 Å². The molecule has 0 atom stereocenters. The van der Waals surface area contributed by atoms with E-state index >= 15 is 0 Å². The topological polar surface area (TPSA) is 58.2 Å². The molecule has 26 heavy (non-hydrogen) atoms. The lowest BCUT2D eigenvalue weighted by atomic mass is 9.49.